The van der Waals surface area contributed by atoms with Gasteiger partial charge < -0.3 is 9.88 Å². The maximum atomic E-state index is 13.5. The number of rotatable bonds is 7. The lowest BCUT2D eigenvalue weighted by molar-refractivity contribution is -0.116. The summed E-state index contributed by atoms with van der Waals surface area (Å²) in [6.45, 7) is 6.45. The third kappa shape index (κ3) is 4.75. The average molecular weight is 483 g/mol. The Morgan fingerprint density at radius 3 is 2.53 bits per heavy atom. The number of anilines is 1. The molecule has 0 fully saturated rings. The molecule has 3 aromatic heterocycles. The van der Waals surface area contributed by atoms with Gasteiger partial charge in [0, 0.05) is 29.4 Å². The van der Waals surface area contributed by atoms with Gasteiger partial charge in [-0.3, -0.25) is 4.79 Å². The molecular formula is C28H27FN6O. The Balaban J connectivity index is 1.40. The van der Waals surface area contributed by atoms with Crippen LogP contribution in [0.4, 0.5) is 10.2 Å². The topological polar surface area (TPSA) is 77.1 Å². The summed E-state index contributed by atoms with van der Waals surface area (Å²) >= 11 is 0. The molecule has 0 aliphatic heterocycles. The van der Waals surface area contributed by atoms with Crippen LogP contribution in [-0.4, -0.2) is 30.1 Å². The minimum atomic E-state index is -0.322. The van der Waals surface area contributed by atoms with Crippen molar-refractivity contribution in [1.82, 2.24) is 24.1 Å². The monoisotopic (exact) mass is 482 g/mol. The molecular weight excluding hydrogens is 455 g/mol. The van der Waals surface area contributed by atoms with Crippen molar-refractivity contribution in [3.05, 3.63) is 101 Å². The number of carbonyl (C=O) groups excluding carboxylic acids is 1. The zero-order chi connectivity index (χ0) is 25.2. The Labute approximate surface area is 208 Å². The van der Waals surface area contributed by atoms with E-state index in [1.54, 1.807) is 18.5 Å². The number of benzene rings is 2. The van der Waals surface area contributed by atoms with Crippen LogP contribution < -0.4 is 5.32 Å². The summed E-state index contributed by atoms with van der Waals surface area (Å²) < 4.78 is 17.3. The molecule has 5 aromatic rings. The van der Waals surface area contributed by atoms with E-state index in [0.717, 1.165) is 39.4 Å². The number of fused-ring (bicyclic) bond motifs is 1. The first-order valence-electron chi connectivity index (χ1n) is 11.9. The highest BCUT2D eigenvalue weighted by Gasteiger charge is 2.18. The Kier molecular flexibility index (Phi) is 6.33. The summed E-state index contributed by atoms with van der Waals surface area (Å²) in [5, 5.41) is 7.59. The molecule has 1 amide bonds. The van der Waals surface area contributed by atoms with Gasteiger partial charge in [0.2, 0.25) is 5.91 Å². The van der Waals surface area contributed by atoms with Crippen LogP contribution >= 0.6 is 0 Å². The van der Waals surface area contributed by atoms with E-state index in [4.69, 9.17) is 0 Å². The van der Waals surface area contributed by atoms with E-state index in [0.29, 0.717) is 24.5 Å². The molecule has 7 nitrogen and oxygen atoms in total. The van der Waals surface area contributed by atoms with Crippen molar-refractivity contribution in [1.29, 1.82) is 0 Å². The van der Waals surface area contributed by atoms with Crippen LogP contribution in [0.3, 0.4) is 0 Å². The molecule has 0 saturated carbocycles. The number of carbonyl (C=O) groups is 1. The molecule has 3 heterocycles. The Morgan fingerprint density at radius 1 is 1.03 bits per heavy atom. The second-order valence-corrected chi connectivity index (χ2v) is 8.93. The van der Waals surface area contributed by atoms with Crippen LogP contribution in [-0.2, 0) is 17.8 Å². The molecule has 0 spiro atoms. The first-order chi connectivity index (χ1) is 17.4. The van der Waals surface area contributed by atoms with Gasteiger partial charge in [-0.1, -0.05) is 30.3 Å². The maximum Gasteiger partial charge on any atom is 0.225 e. The van der Waals surface area contributed by atoms with Gasteiger partial charge in [0.15, 0.2) is 5.65 Å². The molecule has 36 heavy (non-hydrogen) atoms. The van der Waals surface area contributed by atoms with E-state index in [1.165, 1.54) is 12.1 Å². The van der Waals surface area contributed by atoms with E-state index in [9.17, 15) is 9.18 Å². The van der Waals surface area contributed by atoms with Crippen LogP contribution in [0.2, 0.25) is 0 Å². The van der Waals surface area contributed by atoms with Gasteiger partial charge in [-0.2, -0.15) is 5.10 Å². The zero-order valence-corrected chi connectivity index (χ0v) is 20.5. The van der Waals surface area contributed by atoms with Gasteiger partial charge in [-0.05, 0) is 62.6 Å². The molecule has 5 rings (SSSR count). The van der Waals surface area contributed by atoms with Gasteiger partial charge in [0.05, 0.1) is 18.6 Å². The largest absolute Gasteiger partial charge is 0.312 e. The summed E-state index contributed by atoms with van der Waals surface area (Å²) in [5.41, 5.74) is 7.02. The normalized spacial score (nSPS) is 11.2. The second kappa shape index (κ2) is 9.73. The van der Waals surface area contributed by atoms with E-state index < -0.39 is 0 Å². The van der Waals surface area contributed by atoms with E-state index in [2.05, 4.69) is 20.4 Å². The second-order valence-electron chi connectivity index (χ2n) is 8.93. The van der Waals surface area contributed by atoms with Crippen molar-refractivity contribution in [2.24, 2.45) is 0 Å². The third-order valence-corrected chi connectivity index (χ3v) is 6.30. The molecule has 0 atom stereocenters. The number of hydrogen-bond donors (Lipinski definition) is 1. The highest BCUT2D eigenvalue weighted by atomic mass is 19.1. The smallest absolute Gasteiger partial charge is 0.225 e. The highest BCUT2D eigenvalue weighted by Crippen LogP contribution is 2.28. The fourth-order valence-electron chi connectivity index (χ4n) is 4.47. The number of aromatic nitrogens is 5. The molecule has 0 unspecified atom stereocenters. The van der Waals surface area contributed by atoms with Gasteiger partial charge in [0.1, 0.15) is 17.3 Å². The van der Waals surface area contributed by atoms with Crippen molar-refractivity contribution in [2.75, 3.05) is 5.32 Å². The molecule has 1 N–H and O–H groups in total. The van der Waals surface area contributed by atoms with E-state index in [1.807, 2.05) is 66.3 Å². The first-order valence-corrected chi connectivity index (χ1v) is 11.9. The predicted octanol–water partition coefficient (Wildman–Crippen LogP) is 5.28. The standard InChI is InChI=1S/C28H27FN6O/c1-18-15-25-31-19(2)24(20(3)35(25)33-18)13-14-26(36)32-28-27(22-9-11-23(29)12-10-22)30-17-34(28)16-21-7-5-4-6-8-21/h4-12,15,17H,13-14,16H2,1-3H3,(H,32,36). The van der Waals surface area contributed by atoms with E-state index >= 15 is 0 Å². The SMILES string of the molecule is Cc1cc2nc(C)c(CCC(=O)Nc3c(-c4ccc(F)cc4)ncn3Cc3ccccc3)c(C)n2n1. The van der Waals surface area contributed by atoms with E-state index in [-0.39, 0.29) is 18.1 Å². The molecule has 2 aromatic carbocycles. The summed E-state index contributed by atoms with van der Waals surface area (Å²) in [5.74, 6) is 0.126. The van der Waals surface area contributed by atoms with Crippen LogP contribution in [0, 0.1) is 26.6 Å². The predicted molar refractivity (Wildman–Crippen MR) is 137 cm³/mol. The Bertz CT molecular complexity index is 1540. The molecule has 0 aliphatic carbocycles. The lowest BCUT2D eigenvalue weighted by Crippen LogP contribution is -2.17. The molecule has 182 valence electrons. The minimum absolute atomic E-state index is 0.135. The maximum absolute atomic E-state index is 13.5. The first kappa shape index (κ1) is 23.4. The Hall–Kier alpha value is -4.33. The minimum Gasteiger partial charge on any atom is -0.312 e. The van der Waals surface area contributed by atoms with Gasteiger partial charge >= 0.3 is 0 Å². The summed E-state index contributed by atoms with van der Waals surface area (Å²) in [7, 11) is 0. The van der Waals surface area contributed by atoms with Gasteiger partial charge in [-0.15, -0.1) is 0 Å². The summed E-state index contributed by atoms with van der Waals surface area (Å²) in [6, 6.07) is 18.0. The van der Waals surface area contributed by atoms with Crippen molar-refractivity contribution in [3.63, 3.8) is 0 Å². The average Bonchev–Trinajstić information content (AvgIpc) is 3.43. The molecule has 0 saturated heterocycles. The third-order valence-electron chi connectivity index (χ3n) is 6.30. The fourth-order valence-corrected chi connectivity index (χ4v) is 4.47. The van der Waals surface area contributed by atoms with Crippen LogP contribution in [0.5, 0.6) is 0 Å². The van der Waals surface area contributed by atoms with Gasteiger partial charge in [-0.25, -0.2) is 18.9 Å². The molecule has 0 bridgehead atoms. The van der Waals surface area contributed by atoms with Crippen molar-refractivity contribution >= 4 is 17.4 Å². The highest BCUT2D eigenvalue weighted by molar-refractivity contribution is 5.93. The van der Waals surface area contributed by atoms with Crippen molar-refractivity contribution in [3.8, 4) is 11.3 Å². The number of nitrogens with zero attached hydrogens (tertiary/aromatic N) is 5. The number of nitrogens with one attached hydrogen (secondary N) is 1. The van der Waals surface area contributed by atoms with Gasteiger partial charge in [0.25, 0.3) is 0 Å². The van der Waals surface area contributed by atoms with Crippen LogP contribution in [0.15, 0.2) is 67.0 Å². The lowest BCUT2D eigenvalue weighted by atomic mass is 10.1. The lowest BCUT2D eigenvalue weighted by Gasteiger charge is -2.14. The fraction of sp³-hybridized carbons (Fsp3) is 0.214. The quantitative estimate of drug-likeness (QED) is 0.343. The summed E-state index contributed by atoms with van der Waals surface area (Å²) in [4.78, 5) is 22.4. The number of hydrogen-bond acceptors (Lipinski definition) is 4. The summed E-state index contributed by atoms with van der Waals surface area (Å²) in [6.07, 6.45) is 2.51. The molecule has 0 aliphatic rings. The van der Waals surface area contributed by atoms with Crippen molar-refractivity contribution < 1.29 is 9.18 Å². The number of aryl methyl sites for hydroxylation is 3. The van der Waals surface area contributed by atoms with Crippen LogP contribution in [0.1, 0.15) is 34.6 Å². The molecule has 8 heteroatoms. The number of halogens is 1. The number of amides is 1. The zero-order valence-electron chi connectivity index (χ0n) is 20.5. The molecule has 0 radical (unpaired) electrons. The van der Waals surface area contributed by atoms with Crippen molar-refractivity contribution in [2.45, 2.75) is 40.2 Å². The van der Waals surface area contributed by atoms with Crippen LogP contribution in [0.25, 0.3) is 16.9 Å². The Morgan fingerprint density at radius 2 is 1.78 bits per heavy atom. The number of imidazole rings is 1.